The molecule has 0 bridgehead atoms. The lowest BCUT2D eigenvalue weighted by Crippen LogP contribution is -2.38. The second kappa shape index (κ2) is 5.31. The molecule has 0 saturated carbocycles. The fourth-order valence-corrected chi connectivity index (χ4v) is 2.47. The van der Waals surface area contributed by atoms with Crippen LogP contribution in [0.5, 0.6) is 5.75 Å². The number of benzene rings is 1. The lowest BCUT2D eigenvalue weighted by molar-refractivity contribution is 0.299. The van der Waals surface area contributed by atoms with Crippen molar-refractivity contribution in [3.05, 3.63) is 29.8 Å². The average molecular weight is 247 g/mol. The second-order valence-electron chi connectivity index (χ2n) is 6.52. The van der Waals surface area contributed by atoms with Gasteiger partial charge in [0.1, 0.15) is 5.75 Å². The van der Waals surface area contributed by atoms with E-state index in [2.05, 4.69) is 51.2 Å². The molecule has 2 atom stereocenters. The van der Waals surface area contributed by atoms with E-state index in [9.17, 15) is 0 Å². The molecule has 1 N–H and O–H groups in total. The summed E-state index contributed by atoms with van der Waals surface area (Å²) in [7, 11) is 0. The molecule has 1 aliphatic rings. The minimum Gasteiger partial charge on any atom is -0.493 e. The normalized spacial score (nSPS) is 20.3. The molecule has 0 amide bonds. The van der Waals surface area contributed by atoms with Crippen molar-refractivity contribution < 1.29 is 4.74 Å². The van der Waals surface area contributed by atoms with Gasteiger partial charge in [-0.3, -0.25) is 0 Å². The van der Waals surface area contributed by atoms with E-state index in [0.29, 0.717) is 11.8 Å². The van der Waals surface area contributed by atoms with Gasteiger partial charge in [-0.15, -0.1) is 0 Å². The molecule has 2 nitrogen and oxygen atoms in total. The third-order valence-electron chi connectivity index (χ3n) is 3.47. The Bertz CT molecular complexity index is 394. The highest BCUT2D eigenvalue weighted by Gasteiger charge is 2.25. The lowest BCUT2D eigenvalue weighted by Gasteiger charge is -2.24. The number of para-hydroxylation sites is 1. The summed E-state index contributed by atoms with van der Waals surface area (Å²) in [6.45, 7) is 10.9. The second-order valence-corrected chi connectivity index (χ2v) is 6.52. The Kier molecular flexibility index (Phi) is 3.96. The van der Waals surface area contributed by atoms with Gasteiger partial charge in [0.05, 0.1) is 6.61 Å². The molecule has 0 aromatic heterocycles. The van der Waals surface area contributed by atoms with E-state index in [0.717, 1.165) is 18.9 Å². The van der Waals surface area contributed by atoms with Crippen LogP contribution in [0, 0.1) is 5.92 Å². The Morgan fingerprint density at radius 2 is 2.06 bits per heavy atom. The zero-order chi connectivity index (χ0) is 13.2. The number of hydrogen-bond donors (Lipinski definition) is 1. The molecule has 1 aliphatic heterocycles. The molecule has 0 saturated heterocycles. The number of rotatable bonds is 4. The summed E-state index contributed by atoms with van der Waals surface area (Å²) in [5.41, 5.74) is 1.60. The summed E-state index contributed by atoms with van der Waals surface area (Å²) < 4.78 is 5.74. The number of ether oxygens (including phenoxy) is 1. The molecule has 100 valence electrons. The summed E-state index contributed by atoms with van der Waals surface area (Å²) in [6, 6.07) is 8.44. The third kappa shape index (κ3) is 3.49. The highest BCUT2D eigenvalue weighted by atomic mass is 16.5. The molecule has 2 unspecified atom stereocenters. The molecular weight excluding hydrogens is 222 g/mol. The molecule has 1 heterocycles. The molecule has 0 fully saturated rings. The van der Waals surface area contributed by atoms with Gasteiger partial charge in [0.2, 0.25) is 0 Å². The Hall–Kier alpha value is -1.02. The molecule has 0 spiro atoms. The van der Waals surface area contributed by atoms with Crippen LogP contribution < -0.4 is 10.1 Å². The van der Waals surface area contributed by atoms with E-state index >= 15 is 0 Å². The maximum Gasteiger partial charge on any atom is 0.122 e. The Labute approximate surface area is 111 Å². The maximum absolute atomic E-state index is 5.74. The number of fused-ring (bicyclic) bond motifs is 1. The summed E-state index contributed by atoms with van der Waals surface area (Å²) in [6.07, 6.45) is 1.19. The largest absolute Gasteiger partial charge is 0.493 e. The maximum atomic E-state index is 5.74. The molecular formula is C16H25NO. The van der Waals surface area contributed by atoms with Gasteiger partial charge in [-0.2, -0.15) is 0 Å². The van der Waals surface area contributed by atoms with Crippen molar-refractivity contribution in [3.8, 4) is 5.75 Å². The molecule has 0 radical (unpaired) electrons. The van der Waals surface area contributed by atoms with E-state index in [1.54, 1.807) is 0 Å². The first-order chi connectivity index (χ1) is 8.46. The van der Waals surface area contributed by atoms with Crippen molar-refractivity contribution in [1.82, 2.24) is 5.32 Å². The predicted octanol–water partition coefficient (Wildman–Crippen LogP) is 3.58. The van der Waals surface area contributed by atoms with Crippen molar-refractivity contribution in [2.24, 2.45) is 5.92 Å². The topological polar surface area (TPSA) is 21.3 Å². The van der Waals surface area contributed by atoms with Crippen LogP contribution >= 0.6 is 0 Å². The Morgan fingerprint density at radius 3 is 2.78 bits per heavy atom. The number of nitrogens with one attached hydrogen (secondary N) is 1. The highest BCUT2D eigenvalue weighted by molar-refractivity contribution is 5.39. The first-order valence-electron chi connectivity index (χ1n) is 6.92. The van der Waals surface area contributed by atoms with Gasteiger partial charge in [0, 0.05) is 17.0 Å². The standard InChI is InChI=1S/C16H25NO/c1-12(10-17-16(2,3)4)9-13-11-18-15-8-6-5-7-14(13)15/h5-8,12-13,17H,9-11H2,1-4H3. The minimum atomic E-state index is 0.207. The van der Waals surface area contributed by atoms with Crippen LogP contribution in [0.4, 0.5) is 0 Å². The van der Waals surface area contributed by atoms with Crippen LogP contribution in [-0.4, -0.2) is 18.7 Å². The van der Waals surface area contributed by atoms with Crippen LogP contribution in [0.15, 0.2) is 24.3 Å². The van der Waals surface area contributed by atoms with E-state index < -0.39 is 0 Å². The zero-order valence-corrected chi connectivity index (χ0v) is 12.0. The Balaban J connectivity index is 1.88. The summed E-state index contributed by atoms with van der Waals surface area (Å²) in [5.74, 6) is 2.32. The van der Waals surface area contributed by atoms with E-state index in [-0.39, 0.29) is 5.54 Å². The van der Waals surface area contributed by atoms with Gasteiger partial charge in [0.25, 0.3) is 0 Å². The van der Waals surface area contributed by atoms with Gasteiger partial charge in [-0.1, -0.05) is 25.1 Å². The predicted molar refractivity (Wildman–Crippen MR) is 76.2 cm³/mol. The van der Waals surface area contributed by atoms with E-state index in [1.807, 2.05) is 6.07 Å². The number of hydrogen-bond acceptors (Lipinski definition) is 2. The van der Waals surface area contributed by atoms with Gasteiger partial charge < -0.3 is 10.1 Å². The smallest absolute Gasteiger partial charge is 0.122 e. The Morgan fingerprint density at radius 1 is 1.33 bits per heavy atom. The fraction of sp³-hybridized carbons (Fsp3) is 0.625. The fourth-order valence-electron chi connectivity index (χ4n) is 2.47. The van der Waals surface area contributed by atoms with E-state index in [1.165, 1.54) is 12.0 Å². The van der Waals surface area contributed by atoms with Crippen LogP contribution in [-0.2, 0) is 0 Å². The zero-order valence-electron chi connectivity index (χ0n) is 12.0. The lowest BCUT2D eigenvalue weighted by atomic mass is 9.90. The van der Waals surface area contributed by atoms with Crippen molar-refractivity contribution >= 4 is 0 Å². The summed E-state index contributed by atoms with van der Waals surface area (Å²) in [5, 5.41) is 3.58. The molecule has 1 aromatic carbocycles. The molecule has 2 heteroatoms. The minimum absolute atomic E-state index is 0.207. The average Bonchev–Trinajstić information content (AvgIpc) is 2.70. The highest BCUT2D eigenvalue weighted by Crippen LogP contribution is 2.37. The van der Waals surface area contributed by atoms with Crippen LogP contribution in [0.2, 0.25) is 0 Å². The van der Waals surface area contributed by atoms with Crippen molar-refractivity contribution in [2.45, 2.75) is 45.6 Å². The van der Waals surface area contributed by atoms with Crippen LogP contribution in [0.1, 0.15) is 45.6 Å². The van der Waals surface area contributed by atoms with Gasteiger partial charge in [-0.25, -0.2) is 0 Å². The SMILES string of the molecule is CC(CNC(C)(C)C)CC1COc2ccccc21. The monoisotopic (exact) mass is 247 g/mol. The van der Waals surface area contributed by atoms with Crippen LogP contribution in [0.25, 0.3) is 0 Å². The third-order valence-corrected chi connectivity index (χ3v) is 3.47. The molecule has 18 heavy (non-hydrogen) atoms. The van der Waals surface area contributed by atoms with Crippen molar-refractivity contribution in [1.29, 1.82) is 0 Å². The van der Waals surface area contributed by atoms with Crippen molar-refractivity contribution in [2.75, 3.05) is 13.2 Å². The molecule has 1 aromatic rings. The first-order valence-corrected chi connectivity index (χ1v) is 6.92. The van der Waals surface area contributed by atoms with Crippen LogP contribution in [0.3, 0.4) is 0 Å². The van der Waals surface area contributed by atoms with Gasteiger partial charge >= 0.3 is 0 Å². The summed E-state index contributed by atoms with van der Waals surface area (Å²) >= 11 is 0. The molecule has 0 aliphatic carbocycles. The quantitative estimate of drug-likeness (QED) is 0.878. The van der Waals surface area contributed by atoms with Gasteiger partial charge in [-0.05, 0) is 45.7 Å². The summed E-state index contributed by atoms with van der Waals surface area (Å²) in [4.78, 5) is 0. The van der Waals surface area contributed by atoms with Gasteiger partial charge in [0.15, 0.2) is 0 Å². The first kappa shape index (κ1) is 13.4. The van der Waals surface area contributed by atoms with E-state index in [4.69, 9.17) is 4.74 Å². The van der Waals surface area contributed by atoms with Crippen molar-refractivity contribution in [3.63, 3.8) is 0 Å². The molecule has 2 rings (SSSR count).